The molecule has 0 bridgehead atoms. The van der Waals surface area contributed by atoms with Crippen LogP contribution in [-0.2, 0) is 6.42 Å². The van der Waals surface area contributed by atoms with Gasteiger partial charge in [0.25, 0.3) is 5.91 Å². The molecule has 3 aromatic rings. The summed E-state index contributed by atoms with van der Waals surface area (Å²) in [5.74, 6) is -0.270. The normalized spacial score (nSPS) is 14.6. The van der Waals surface area contributed by atoms with E-state index in [2.05, 4.69) is 11.8 Å². The van der Waals surface area contributed by atoms with Crippen LogP contribution in [0.15, 0.2) is 36.4 Å². The fourth-order valence-electron chi connectivity index (χ4n) is 3.65. The van der Waals surface area contributed by atoms with Gasteiger partial charge in [-0.15, -0.1) is 11.3 Å². The van der Waals surface area contributed by atoms with Crippen molar-refractivity contribution in [1.82, 2.24) is 9.88 Å². The summed E-state index contributed by atoms with van der Waals surface area (Å²) in [6.07, 6.45) is 3.17. The summed E-state index contributed by atoms with van der Waals surface area (Å²) in [6, 6.07) is 10.5. The zero-order chi connectivity index (χ0) is 20.4. The molecule has 4 rings (SSSR count). The standard InChI is InChI=1S/C22H25FN4OS/c1-2-3-4-16-7-10-18-19(24)20(29-21(18)25-16)22(28)27-13-11-26(12-14-27)17-8-5-15(23)6-9-17/h5-10H,2-4,11-14,24H2,1H3. The highest BCUT2D eigenvalue weighted by Gasteiger charge is 2.26. The number of nitrogens with zero attached hydrogens (tertiary/aromatic N) is 3. The predicted molar refractivity (Wildman–Crippen MR) is 117 cm³/mol. The number of pyridine rings is 1. The second kappa shape index (κ2) is 8.37. The Kier molecular flexibility index (Phi) is 5.67. The van der Waals surface area contributed by atoms with Crippen LogP contribution in [-0.4, -0.2) is 42.0 Å². The first-order valence-corrected chi connectivity index (χ1v) is 10.9. The largest absolute Gasteiger partial charge is 0.397 e. The summed E-state index contributed by atoms with van der Waals surface area (Å²) in [7, 11) is 0. The predicted octanol–water partition coefficient (Wildman–Crippen LogP) is 4.32. The van der Waals surface area contributed by atoms with Gasteiger partial charge in [-0.3, -0.25) is 4.79 Å². The minimum absolute atomic E-state index is 0.0284. The molecular weight excluding hydrogens is 387 g/mol. The number of carbonyl (C=O) groups is 1. The number of amides is 1. The van der Waals surface area contributed by atoms with E-state index in [1.807, 2.05) is 17.0 Å². The number of nitrogen functional groups attached to an aromatic ring is 1. The van der Waals surface area contributed by atoms with Crippen LogP contribution in [0.5, 0.6) is 0 Å². The molecule has 152 valence electrons. The Labute approximate surface area is 173 Å². The van der Waals surface area contributed by atoms with Crippen molar-refractivity contribution in [1.29, 1.82) is 0 Å². The molecule has 1 saturated heterocycles. The molecule has 0 saturated carbocycles. The minimum atomic E-state index is -0.241. The van der Waals surface area contributed by atoms with Crippen molar-refractivity contribution in [2.75, 3.05) is 36.8 Å². The Bertz CT molecular complexity index is 1010. The zero-order valence-electron chi connectivity index (χ0n) is 16.5. The van der Waals surface area contributed by atoms with E-state index < -0.39 is 0 Å². The first-order valence-electron chi connectivity index (χ1n) is 10.0. The number of nitrogens with two attached hydrogens (primary N) is 1. The van der Waals surface area contributed by atoms with Gasteiger partial charge in [-0.05, 0) is 49.2 Å². The summed E-state index contributed by atoms with van der Waals surface area (Å²) >= 11 is 1.39. The number of unbranched alkanes of at least 4 members (excludes halogenated alkanes) is 1. The molecular formula is C22H25FN4OS. The number of halogens is 1. The number of thiophene rings is 1. The van der Waals surface area contributed by atoms with Gasteiger partial charge in [0, 0.05) is 42.9 Å². The Balaban J connectivity index is 1.47. The Morgan fingerprint density at radius 1 is 1.14 bits per heavy atom. The number of hydrogen-bond acceptors (Lipinski definition) is 5. The topological polar surface area (TPSA) is 62.5 Å². The maximum absolute atomic E-state index is 13.1. The van der Waals surface area contributed by atoms with Gasteiger partial charge in [0.1, 0.15) is 15.5 Å². The lowest BCUT2D eigenvalue weighted by molar-refractivity contribution is 0.0752. The van der Waals surface area contributed by atoms with E-state index in [0.717, 1.165) is 40.9 Å². The molecule has 29 heavy (non-hydrogen) atoms. The number of aryl methyl sites for hydroxylation is 1. The molecule has 2 aromatic heterocycles. The van der Waals surface area contributed by atoms with Crippen LogP contribution in [0, 0.1) is 5.82 Å². The summed E-state index contributed by atoms with van der Waals surface area (Å²) in [5, 5.41) is 0.864. The Morgan fingerprint density at radius 2 is 1.86 bits per heavy atom. The number of aromatic nitrogens is 1. The third kappa shape index (κ3) is 4.05. The highest BCUT2D eigenvalue weighted by Crippen LogP contribution is 2.34. The van der Waals surface area contributed by atoms with Crippen molar-refractivity contribution in [2.45, 2.75) is 26.2 Å². The van der Waals surface area contributed by atoms with Gasteiger partial charge in [0.05, 0.1) is 5.69 Å². The van der Waals surface area contributed by atoms with Crippen LogP contribution in [0.2, 0.25) is 0 Å². The molecule has 2 N–H and O–H groups in total. The molecule has 1 aliphatic rings. The van der Waals surface area contributed by atoms with Crippen molar-refractivity contribution in [3.05, 3.63) is 52.8 Å². The van der Waals surface area contributed by atoms with E-state index in [0.29, 0.717) is 36.7 Å². The number of anilines is 2. The van der Waals surface area contributed by atoms with E-state index >= 15 is 0 Å². The molecule has 0 spiro atoms. The fourth-order valence-corrected chi connectivity index (χ4v) is 4.74. The number of fused-ring (bicyclic) bond motifs is 1. The van der Waals surface area contributed by atoms with E-state index in [1.54, 1.807) is 12.1 Å². The smallest absolute Gasteiger partial charge is 0.266 e. The number of hydrogen-bond donors (Lipinski definition) is 1. The molecule has 7 heteroatoms. The van der Waals surface area contributed by atoms with E-state index in [9.17, 15) is 9.18 Å². The van der Waals surface area contributed by atoms with Gasteiger partial charge in [0.2, 0.25) is 0 Å². The number of benzene rings is 1. The lowest BCUT2D eigenvalue weighted by Crippen LogP contribution is -2.48. The molecule has 0 aliphatic carbocycles. The summed E-state index contributed by atoms with van der Waals surface area (Å²) in [6.45, 7) is 4.80. The number of rotatable bonds is 5. The van der Waals surface area contributed by atoms with Gasteiger partial charge in [-0.2, -0.15) is 0 Å². The molecule has 1 amide bonds. The summed E-state index contributed by atoms with van der Waals surface area (Å²) in [4.78, 5) is 23.2. The third-order valence-electron chi connectivity index (χ3n) is 5.39. The van der Waals surface area contributed by atoms with Crippen LogP contribution < -0.4 is 10.6 Å². The summed E-state index contributed by atoms with van der Waals surface area (Å²) in [5.41, 5.74) is 8.86. The van der Waals surface area contributed by atoms with Gasteiger partial charge in [0.15, 0.2) is 0 Å². The van der Waals surface area contributed by atoms with Gasteiger partial charge < -0.3 is 15.5 Å². The lowest BCUT2D eigenvalue weighted by Gasteiger charge is -2.36. The van der Waals surface area contributed by atoms with E-state index in [1.165, 1.54) is 23.5 Å². The molecule has 0 unspecified atom stereocenters. The van der Waals surface area contributed by atoms with Crippen LogP contribution >= 0.6 is 11.3 Å². The maximum atomic E-state index is 13.1. The fraction of sp³-hybridized carbons (Fsp3) is 0.364. The highest BCUT2D eigenvalue weighted by atomic mass is 32.1. The maximum Gasteiger partial charge on any atom is 0.266 e. The minimum Gasteiger partial charge on any atom is -0.397 e. The Hall–Kier alpha value is -2.67. The molecule has 1 fully saturated rings. The van der Waals surface area contributed by atoms with Crippen molar-refractivity contribution in [2.24, 2.45) is 0 Å². The molecule has 0 radical (unpaired) electrons. The van der Waals surface area contributed by atoms with Crippen molar-refractivity contribution >= 4 is 38.8 Å². The van der Waals surface area contributed by atoms with Crippen molar-refractivity contribution in [3.8, 4) is 0 Å². The molecule has 5 nitrogen and oxygen atoms in total. The second-order valence-corrected chi connectivity index (χ2v) is 8.36. The average molecular weight is 413 g/mol. The first kappa shape index (κ1) is 19.6. The molecule has 0 atom stereocenters. The zero-order valence-corrected chi connectivity index (χ0v) is 17.3. The lowest BCUT2D eigenvalue weighted by atomic mass is 10.1. The van der Waals surface area contributed by atoms with Crippen molar-refractivity contribution < 1.29 is 9.18 Å². The van der Waals surface area contributed by atoms with E-state index in [4.69, 9.17) is 10.7 Å². The van der Waals surface area contributed by atoms with Gasteiger partial charge in [-0.1, -0.05) is 13.3 Å². The van der Waals surface area contributed by atoms with Gasteiger partial charge >= 0.3 is 0 Å². The van der Waals surface area contributed by atoms with Crippen LogP contribution in [0.25, 0.3) is 10.2 Å². The SMILES string of the molecule is CCCCc1ccc2c(N)c(C(=O)N3CCN(c4ccc(F)cc4)CC3)sc2n1. The summed E-state index contributed by atoms with van der Waals surface area (Å²) < 4.78 is 13.1. The monoisotopic (exact) mass is 412 g/mol. The highest BCUT2D eigenvalue weighted by molar-refractivity contribution is 7.21. The van der Waals surface area contributed by atoms with Gasteiger partial charge in [-0.25, -0.2) is 9.37 Å². The third-order valence-corrected chi connectivity index (χ3v) is 6.49. The van der Waals surface area contributed by atoms with Crippen LogP contribution in [0.1, 0.15) is 35.1 Å². The number of carbonyl (C=O) groups excluding carboxylic acids is 1. The van der Waals surface area contributed by atoms with Crippen LogP contribution in [0.4, 0.5) is 15.8 Å². The second-order valence-electron chi connectivity index (χ2n) is 7.36. The Morgan fingerprint density at radius 3 is 2.55 bits per heavy atom. The van der Waals surface area contributed by atoms with Crippen molar-refractivity contribution in [3.63, 3.8) is 0 Å². The van der Waals surface area contributed by atoms with E-state index in [-0.39, 0.29) is 11.7 Å². The quantitative estimate of drug-likeness (QED) is 0.678. The molecule has 1 aromatic carbocycles. The van der Waals surface area contributed by atoms with Crippen LogP contribution in [0.3, 0.4) is 0 Å². The molecule has 1 aliphatic heterocycles. The number of piperazine rings is 1. The first-order chi connectivity index (χ1) is 14.1. The molecule has 3 heterocycles. The average Bonchev–Trinajstić information content (AvgIpc) is 3.08.